The molecule has 3 aromatic rings. The molecule has 11 heteroatoms. The van der Waals surface area contributed by atoms with E-state index < -0.39 is 47.2 Å². The van der Waals surface area contributed by atoms with Crippen LogP contribution < -0.4 is 10.6 Å². The number of aromatic nitrogens is 3. The molecule has 1 aromatic carbocycles. The number of β-lactam (4-membered cyclic amide) rings is 1. The quantitative estimate of drug-likeness (QED) is 0.453. The maximum Gasteiger partial charge on any atom is 0.252 e. The number of hydrogen-bond acceptors (Lipinski definition) is 6. The fourth-order valence-electron chi connectivity index (χ4n) is 4.84. The smallest absolute Gasteiger partial charge is 0.252 e. The van der Waals surface area contributed by atoms with Crippen molar-refractivity contribution < 1.29 is 23.2 Å². The van der Waals surface area contributed by atoms with Gasteiger partial charge in [0.15, 0.2) is 17.5 Å². The Kier molecular flexibility index (Phi) is 7.56. The lowest BCUT2D eigenvalue weighted by molar-refractivity contribution is -0.170. The molecule has 2 N–H and O–H groups in total. The first-order valence-electron chi connectivity index (χ1n) is 12.3. The van der Waals surface area contributed by atoms with Crippen molar-refractivity contribution in [1.82, 2.24) is 19.7 Å². The molecule has 38 heavy (non-hydrogen) atoms. The van der Waals surface area contributed by atoms with Gasteiger partial charge in [-0.05, 0) is 54.5 Å². The van der Waals surface area contributed by atoms with Crippen LogP contribution in [0.15, 0.2) is 42.7 Å². The van der Waals surface area contributed by atoms with E-state index in [1.165, 1.54) is 41.9 Å². The van der Waals surface area contributed by atoms with Gasteiger partial charge in [0, 0.05) is 39.0 Å². The van der Waals surface area contributed by atoms with Gasteiger partial charge in [0.05, 0.1) is 5.92 Å². The first-order valence-corrected chi connectivity index (χ1v) is 12.3. The molecule has 0 radical (unpaired) electrons. The number of carbonyl (C=O) groups is 3. The van der Waals surface area contributed by atoms with Gasteiger partial charge in [-0.25, -0.2) is 13.8 Å². The van der Waals surface area contributed by atoms with Gasteiger partial charge >= 0.3 is 0 Å². The second-order valence-electron chi connectivity index (χ2n) is 9.60. The Bertz CT molecular complexity index is 1390. The summed E-state index contributed by atoms with van der Waals surface area (Å²) < 4.78 is 30.5. The lowest BCUT2D eigenvalue weighted by Gasteiger charge is -2.46. The van der Waals surface area contributed by atoms with Crippen LogP contribution in [0.4, 0.5) is 20.4 Å². The summed E-state index contributed by atoms with van der Waals surface area (Å²) in [4.78, 5) is 46.5. The number of imide groups is 1. The molecule has 0 bridgehead atoms. The molecule has 2 aromatic heterocycles. The maximum absolute atomic E-state index is 14.7. The number of aryl methyl sites for hydroxylation is 2. The highest BCUT2D eigenvalue weighted by atomic mass is 19.2. The molecule has 1 aliphatic heterocycles. The van der Waals surface area contributed by atoms with Gasteiger partial charge in [-0.3, -0.25) is 28.9 Å². The molecule has 1 saturated heterocycles. The van der Waals surface area contributed by atoms with Crippen LogP contribution in [0.3, 0.4) is 0 Å². The van der Waals surface area contributed by atoms with E-state index >= 15 is 0 Å². The summed E-state index contributed by atoms with van der Waals surface area (Å²) >= 11 is 0. The third-order valence-corrected chi connectivity index (χ3v) is 7.07. The molecular formula is C27H30F2N6O3. The summed E-state index contributed by atoms with van der Waals surface area (Å²) in [5.41, 5.74) is 6.70. The number of amides is 3. The fourth-order valence-corrected chi connectivity index (χ4v) is 4.84. The zero-order valence-corrected chi connectivity index (χ0v) is 21.7. The van der Waals surface area contributed by atoms with Gasteiger partial charge in [0.25, 0.3) is 5.91 Å². The highest BCUT2D eigenvalue weighted by Crippen LogP contribution is 2.36. The Balaban J connectivity index is 1.62. The van der Waals surface area contributed by atoms with Crippen LogP contribution in [0.1, 0.15) is 42.4 Å². The minimum Gasteiger partial charge on any atom is -0.384 e. The Morgan fingerprint density at radius 3 is 2.55 bits per heavy atom. The third-order valence-electron chi connectivity index (χ3n) is 7.07. The predicted octanol–water partition coefficient (Wildman–Crippen LogP) is 3.13. The molecule has 0 aliphatic carbocycles. The summed E-state index contributed by atoms with van der Waals surface area (Å²) in [7, 11) is 3.23. The van der Waals surface area contributed by atoms with Gasteiger partial charge in [0.1, 0.15) is 11.9 Å². The Morgan fingerprint density at radius 1 is 1.18 bits per heavy atom. The summed E-state index contributed by atoms with van der Waals surface area (Å²) in [6.45, 7) is 3.21. The number of halogens is 2. The molecule has 0 unspecified atom stereocenters. The van der Waals surface area contributed by atoms with E-state index in [4.69, 9.17) is 5.73 Å². The number of likely N-dealkylation sites (N-methyl/N-ethyl adjacent to an activating group) is 1. The van der Waals surface area contributed by atoms with Crippen LogP contribution in [0.2, 0.25) is 0 Å². The molecule has 3 atom stereocenters. The summed E-state index contributed by atoms with van der Waals surface area (Å²) in [6.07, 6.45) is 3.44. The summed E-state index contributed by atoms with van der Waals surface area (Å²) in [6, 6.07) is 6.78. The highest BCUT2D eigenvalue weighted by Gasteiger charge is 2.55. The van der Waals surface area contributed by atoms with Gasteiger partial charge in [-0.15, -0.1) is 0 Å². The van der Waals surface area contributed by atoms with Crippen molar-refractivity contribution in [2.45, 2.75) is 45.1 Å². The third kappa shape index (κ3) is 5.00. The minimum atomic E-state index is -1.09. The van der Waals surface area contributed by atoms with Crippen molar-refractivity contribution in [3.05, 3.63) is 71.1 Å². The van der Waals surface area contributed by atoms with Crippen LogP contribution in [0.25, 0.3) is 0 Å². The molecule has 3 amide bonds. The lowest BCUT2D eigenvalue weighted by atomic mass is 9.80. The Morgan fingerprint density at radius 2 is 1.92 bits per heavy atom. The average molecular weight is 525 g/mol. The largest absolute Gasteiger partial charge is 0.384 e. The zero-order valence-electron chi connectivity index (χ0n) is 21.7. The fraction of sp³-hybridized carbons (Fsp3) is 0.370. The van der Waals surface area contributed by atoms with Crippen LogP contribution >= 0.6 is 0 Å². The Hall–Kier alpha value is -4.15. The second-order valence-corrected chi connectivity index (χ2v) is 9.60. The Labute approximate surface area is 219 Å². The maximum atomic E-state index is 14.7. The predicted molar refractivity (Wildman–Crippen MR) is 137 cm³/mol. The van der Waals surface area contributed by atoms with Crippen LogP contribution in [0.5, 0.6) is 0 Å². The van der Waals surface area contributed by atoms with Crippen LogP contribution in [-0.2, 0) is 27.9 Å². The first-order chi connectivity index (χ1) is 18.0. The molecule has 200 valence electrons. The number of anilines is 2. The zero-order chi connectivity index (χ0) is 27.7. The highest BCUT2D eigenvalue weighted by molar-refractivity contribution is 6.12. The SMILES string of the molecule is CC[C@@H](CC(=O)N1C(=O)[C@H](Cc2ccnc(N)c2)[C@H]1C(=O)N(C)c1ccn(C)n1)c1ccc(C)c(F)c1F. The van der Waals surface area contributed by atoms with Crippen molar-refractivity contribution in [2.24, 2.45) is 13.0 Å². The molecule has 0 saturated carbocycles. The lowest BCUT2D eigenvalue weighted by Crippen LogP contribution is -2.69. The van der Waals surface area contributed by atoms with E-state index in [9.17, 15) is 23.2 Å². The van der Waals surface area contributed by atoms with E-state index in [2.05, 4.69) is 10.1 Å². The van der Waals surface area contributed by atoms with E-state index in [0.29, 0.717) is 17.8 Å². The number of carbonyl (C=O) groups excluding carboxylic acids is 3. The average Bonchev–Trinajstić information content (AvgIpc) is 3.33. The molecule has 3 heterocycles. The van der Waals surface area contributed by atoms with Gasteiger partial charge in [-0.2, -0.15) is 5.10 Å². The van der Waals surface area contributed by atoms with E-state index in [0.717, 1.165) is 4.90 Å². The number of likely N-dealkylation sites (tertiary alicyclic amines) is 1. The van der Waals surface area contributed by atoms with Crippen molar-refractivity contribution in [3.8, 4) is 0 Å². The van der Waals surface area contributed by atoms with Gasteiger partial charge in [-0.1, -0.05) is 19.1 Å². The van der Waals surface area contributed by atoms with Crippen molar-refractivity contribution in [1.29, 1.82) is 0 Å². The monoisotopic (exact) mass is 524 g/mol. The van der Waals surface area contributed by atoms with Crippen molar-refractivity contribution in [2.75, 3.05) is 17.7 Å². The van der Waals surface area contributed by atoms with E-state index in [1.807, 2.05) is 0 Å². The van der Waals surface area contributed by atoms with Gasteiger partial charge in [0.2, 0.25) is 11.8 Å². The number of nitrogens with two attached hydrogens (primary N) is 1. The first kappa shape index (κ1) is 26.9. The number of hydrogen-bond donors (Lipinski definition) is 1. The van der Waals surface area contributed by atoms with E-state index in [1.54, 1.807) is 38.4 Å². The number of rotatable bonds is 8. The van der Waals surface area contributed by atoms with E-state index in [-0.39, 0.29) is 29.8 Å². The molecule has 1 fully saturated rings. The second kappa shape index (κ2) is 10.7. The van der Waals surface area contributed by atoms with Gasteiger partial charge < -0.3 is 5.73 Å². The normalized spacial score (nSPS) is 17.7. The van der Waals surface area contributed by atoms with Crippen molar-refractivity contribution in [3.63, 3.8) is 0 Å². The standard InChI is InChI=1S/C27H30F2N6O3/c1-5-17(18-7-6-15(2)23(28)24(18)29)14-22(36)35-25(27(38)34(4)21-9-11-33(3)32-21)19(26(35)37)12-16-8-10-31-20(30)13-16/h6-11,13,17,19,25H,5,12,14H2,1-4H3,(H2,30,31)/t17-,19+,25-/m0/s1. The van der Waals surface area contributed by atoms with Crippen LogP contribution in [-0.4, -0.2) is 50.5 Å². The number of nitrogen functional groups attached to an aromatic ring is 1. The topological polar surface area (TPSA) is 114 Å². The number of benzene rings is 1. The summed E-state index contributed by atoms with van der Waals surface area (Å²) in [5.74, 6) is -4.44. The number of pyridine rings is 1. The minimum absolute atomic E-state index is 0.0641. The molecule has 4 rings (SSSR count). The van der Waals surface area contributed by atoms with Crippen LogP contribution in [0, 0.1) is 24.5 Å². The summed E-state index contributed by atoms with van der Waals surface area (Å²) in [5, 5.41) is 4.24. The number of nitrogens with zero attached hydrogens (tertiary/aromatic N) is 5. The van der Waals surface area contributed by atoms with Crippen molar-refractivity contribution >= 4 is 29.4 Å². The molecular weight excluding hydrogens is 494 g/mol. The molecule has 1 aliphatic rings. The molecule has 9 nitrogen and oxygen atoms in total. The molecule has 0 spiro atoms.